The lowest BCUT2D eigenvalue weighted by Gasteiger charge is -2.24. The summed E-state index contributed by atoms with van der Waals surface area (Å²) in [7, 11) is 0. The van der Waals surface area contributed by atoms with Crippen molar-refractivity contribution in [3.05, 3.63) is 0 Å². The third kappa shape index (κ3) is 2.80. The smallest absolute Gasteiger partial charge is 0.0595 e. The summed E-state index contributed by atoms with van der Waals surface area (Å²) >= 11 is 0. The molecule has 2 heteroatoms. The summed E-state index contributed by atoms with van der Waals surface area (Å²) in [6.45, 7) is 3.72. The van der Waals surface area contributed by atoms with Crippen molar-refractivity contribution in [3.8, 4) is 0 Å². The molecule has 11 heavy (non-hydrogen) atoms. The molecule has 1 aliphatic rings. The first-order valence-electron chi connectivity index (χ1n) is 4.47. The Balaban J connectivity index is 2.37. The highest BCUT2D eigenvalue weighted by Crippen LogP contribution is 2.30. The van der Waals surface area contributed by atoms with Crippen molar-refractivity contribution in [1.82, 2.24) is 0 Å². The van der Waals surface area contributed by atoms with Crippen molar-refractivity contribution < 1.29 is 5.11 Å². The SMILES string of the molecule is CC(C)(O)CC1CCCC1N. The average Bonchev–Trinajstić information content (AvgIpc) is 2.12. The van der Waals surface area contributed by atoms with Gasteiger partial charge in [0.25, 0.3) is 0 Å². The van der Waals surface area contributed by atoms with Gasteiger partial charge in [-0.2, -0.15) is 0 Å². The summed E-state index contributed by atoms with van der Waals surface area (Å²) in [5.74, 6) is 0.551. The second-order valence-corrected chi connectivity index (χ2v) is 4.37. The standard InChI is InChI=1S/C9H19NO/c1-9(2,11)6-7-4-3-5-8(7)10/h7-8,11H,3-6,10H2,1-2H3. The first-order chi connectivity index (χ1) is 4.99. The molecule has 2 atom stereocenters. The van der Waals surface area contributed by atoms with Crippen LogP contribution in [0.5, 0.6) is 0 Å². The summed E-state index contributed by atoms with van der Waals surface area (Å²) < 4.78 is 0. The van der Waals surface area contributed by atoms with Gasteiger partial charge in [0, 0.05) is 6.04 Å². The van der Waals surface area contributed by atoms with Crippen LogP contribution in [0.3, 0.4) is 0 Å². The first-order valence-corrected chi connectivity index (χ1v) is 4.47. The van der Waals surface area contributed by atoms with Gasteiger partial charge in [0.1, 0.15) is 0 Å². The van der Waals surface area contributed by atoms with E-state index in [0.29, 0.717) is 12.0 Å². The molecule has 2 nitrogen and oxygen atoms in total. The zero-order valence-electron chi connectivity index (χ0n) is 7.51. The molecule has 0 aromatic carbocycles. The second-order valence-electron chi connectivity index (χ2n) is 4.37. The van der Waals surface area contributed by atoms with Crippen LogP contribution in [0.25, 0.3) is 0 Å². The normalized spacial score (nSPS) is 32.7. The Hall–Kier alpha value is -0.0800. The van der Waals surface area contributed by atoms with E-state index in [9.17, 15) is 5.11 Å². The van der Waals surface area contributed by atoms with Crippen molar-refractivity contribution in [2.24, 2.45) is 11.7 Å². The largest absolute Gasteiger partial charge is 0.390 e. The molecule has 0 aliphatic heterocycles. The fourth-order valence-corrected chi connectivity index (χ4v) is 1.96. The number of hydrogen-bond donors (Lipinski definition) is 2. The van der Waals surface area contributed by atoms with Crippen molar-refractivity contribution in [1.29, 1.82) is 0 Å². The van der Waals surface area contributed by atoms with Crippen LogP contribution in [0.2, 0.25) is 0 Å². The molecule has 0 aromatic heterocycles. The van der Waals surface area contributed by atoms with Gasteiger partial charge in [-0.15, -0.1) is 0 Å². The minimum Gasteiger partial charge on any atom is -0.390 e. The van der Waals surface area contributed by atoms with Crippen LogP contribution >= 0.6 is 0 Å². The van der Waals surface area contributed by atoms with E-state index < -0.39 is 5.60 Å². The van der Waals surface area contributed by atoms with Crippen LogP contribution in [0.15, 0.2) is 0 Å². The molecular formula is C9H19NO. The Kier molecular flexibility index (Phi) is 2.55. The van der Waals surface area contributed by atoms with Crippen LogP contribution in [-0.2, 0) is 0 Å². The van der Waals surface area contributed by atoms with Gasteiger partial charge in [0.2, 0.25) is 0 Å². The van der Waals surface area contributed by atoms with Crippen LogP contribution < -0.4 is 5.73 Å². The molecule has 0 bridgehead atoms. The molecule has 1 saturated carbocycles. The van der Waals surface area contributed by atoms with E-state index in [1.54, 1.807) is 0 Å². The van der Waals surface area contributed by atoms with E-state index in [1.807, 2.05) is 13.8 Å². The summed E-state index contributed by atoms with van der Waals surface area (Å²) in [5, 5.41) is 9.54. The maximum Gasteiger partial charge on any atom is 0.0595 e. The van der Waals surface area contributed by atoms with Gasteiger partial charge >= 0.3 is 0 Å². The van der Waals surface area contributed by atoms with E-state index >= 15 is 0 Å². The summed E-state index contributed by atoms with van der Waals surface area (Å²) in [4.78, 5) is 0. The number of nitrogens with two attached hydrogens (primary N) is 1. The maximum absolute atomic E-state index is 9.54. The van der Waals surface area contributed by atoms with Crippen LogP contribution in [0.1, 0.15) is 39.5 Å². The molecule has 2 unspecified atom stereocenters. The molecule has 1 fully saturated rings. The molecule has 0 saturated heterocycles. The van der Waals surface area contributed by atoms with Gasteiger partial charge in [-0.3, -0.25) is 0 Å². The highest BCUT2D eigenvalue weighted by molar-refractivity contribution is 4.84. The van der Waals surface area contributed by atoms with Crippen LogP contribution in [-0.4, -0.2) is 16.7 Å². The van der Waals surface area contributed by atoms with Crippen molar-refractivity contribution in [2.75, 3.05) is 0 Å². The van der Waals surface area contributed by atoms with Crippen molar-refractivity contribution >= 4 is 0 Å². The minimum absolute atomic E-state index is 0.335. The van der Waals surface area contributed by atoms with Gasteiger partial charge in [-0.1, -0.05) is 6.42 Å². The number of rotatable bonds is 2. The number of hydrogen-bond acceptors (Lipinski definition) is 2. The van der Waals surface area contributed by atoms with Gasteiger partial charge in [-0.05, 0) is 39.0 Å². The molecule has 1 aliphatic carbocycles. The fourth-order valence-electron chi connectivity index (χ4n) is 1.96. The van der Waals surface area contributed by atoms with E-state index in [-0.39, 0.29) is 0 Å². The molecule has 0 aromatic rings. The van der Waals surface area contributed by atoms with Crippen molar-refractivity contribution in [3.63, 3.8) is 0 Å². The quantitative estimate of drug-likeness (QED) is 0.634. The molecule has 1 rings (SSSR count). The molecule has 0 spiro atoms. The monoisotopic (exact) mass is 157 g/mol. The van der Waals surface area contributed by atoms with Gasteiger partial charge < -0.3 is 10.8 Å². The lowest BCUT2D eigenvalue weighted by Crippen LogP contribution is -2.31. The topological polar surface area (TPSA) is 46.2 Å². The van der Waals surface area contributed by atoms with Crippen LogP contribution in [0.4, 0.5) is 0 Å². The molecular weight excluding hydrogens is 138 g/mol. The Morgan fingerprint density at radius 3 is 2.45 bits per heavy atom. The van der Waals surface area contributed by atoms with Gasteiger partial charge in [0.05, 0.1) is 5.60 Å². The van der Waals surface area contributed by atoms with Crippen LogP contribution in [0, 0.1) is 5.92 Å². The minimum atomic E-state index is -0.535. The summed E-state index contributed by atoms with van der Waals surface area (Å²) in [5.41, 5.74) is 5.34. The highest BCUT2D eigenvalue weighted by atomic mass is 16.3. The summed E-state index contributed by atoms with van der Waals surface area (Å²) in [6.07, 6.45) is 4.43. The second kappa shape index (κ2) is 3.11. The molecule has 3 N–H and O–H groups in total. The molecule has 0 radical (unpaired) electrons. The van der Waals surface area contributed by atoms with E-state index in [2.05, 4.69) is 0 Å². The highest BCUT2D eigenvalue weighted by Gasteiger charge is 2.28. The van der Waals surface area contributed by atoms with E-state index in [4.69, 9.17) is 5.73 Å². The fraction of sp³-hybridized carbons (Fsp3) is 1.00. The number of aliphatic hydroxyl groups is 1. The first kappa shape index (κ1) is 9.01. The lowest BCUT2D eigenvalue weighted by molar-refractivity contribution is 0.0510. The predicted molar refractivity (Wildman–Crippen MR) is 46.2 cm³/mol. The van der Waals surface area contributed by atoms with Gasteiger partial charge in [-0.25, -0.2) is 0 Å². The lowest BCUT2D eigenvalue weighted by atomic mass is 9.90. The van der Waals surface area contributed by atoms with E-state index in [0.717, 1.165) is 12.8 Å². The Bertz CT molecular complexity index is 128. The third-order valence-electron chi connectivity index (χ3n) is 2.48. The molecule has 0 amide bonds. The Morgan fingerprint density at radius 1 is 1.45 bits per heavy atom. The third-order valence-corrected chi connectivity index (χ3v) is 2.48. The molecule has 66 valence electrons. The van der Waals surface area contributed by atoms with Gasteiger partial charge in [0.15, 0.2) is 0 Å². The Labute approximate surface area is 68.8 Å². The predicted octanol–water partition coefficient (Wildman–Crippen LogP) is 1.27. The zero-order valence-corrected chi connectivity index (χ0v) is 7.51. The van der Waals surface area contributed by atoms with Crippen molar-refractivity contribution in [2.45, 2.75) is 51.2 Å². The maximum atomic E-state index is 9.54. The van der Waals surface area contributed by atoms with E-state index in [1.165, 1.54) is 12.8 Å². The average molecular weight is 157 g/mol. The Morgan fingerprint density at radius 2 is 2.09 bits per heavy atom. The zero-order chi connectivity index (χ0) is 8.48. The molecule has 0 heterocycles. The summed E-state index contributed by atoms with van der Waals surface area (Å²) in [6, 6.07) is 0.335.